The standard InChI is InChI=1S/C20H20Cl2N2O4/c1-20(2,3)28-19(26)23-12-7-8-17-16(9-12)24(18(25)11-27-17)10-13-14(21)5-4-6-15(13)22/h4-9H,10-11H2,1-3H3,(H,23,26). The molecule has 0 aliphatic carbocycles. The zero-order chi connectivity index (χ0) is 20.5. The quantitative estimate of drug-likeness (QED) is 0.731. The van der Waals surface area contributed by atoms with Crippen LogP contribution in [0.3, 0.4) is 0 Å². The molecular weight excluding hydrogens is 403 g/mol. The summed E-state index contributed by atoms with van der Waals surface area (Å²) < 4.78 is 10.8. The van der Waals surface area contributed by atoms with E-state index in [-0.39, 0.29) is 19.1 Å². The van der Waals surface area contributed by atoms with Crippen LogP contribution in [0.25, 0.3) is 0 Å². The van der Waals surface area contributed by atoms with E-state index in [4.69, 9.17) is 32.7 Å². The van der Waals surface area contributed by atoms with Crippen LogP contribution >= 0.6 is 23.2 Å². The Morgan fingerprint density at radius 1 is 1.21 bits per heavy atom. The van der Waals surface area contributed by atoms with Gasteiger partial charge in [0.05, 0.1) is 12.2 Å². The molecule has 1 aliphatic heterocycles. The zero-order valence-corrected chi connectivity index (χ0v) is 17.2. The highest BCUT2D eigenvalue weighted by molar-refractivity contribution is 6.36. The normalized spacial score (nSPS) is 13.6. The van der Waals surface area contributed by atoms with Gasteiger partial charge in [0, 0.05) is 21.3 Å². The maximum atomic E-state index is 12.5. The van der Waals surface area contributed by atoms with Gasteiger partial charge >= 0.3 is 6.09 Å². The lowest BCUT2D eigenvalue weighted by atomic mass is 10.1. The first-order valence-corrected chi connectivity index (χ1v) is 9.40. The molecule has 2 aromatic carbocycles. The van der Waals surface area contributed by atoms with Gasteiger partial charge in [-0.2, -0.15) is 0 Å². The van der Waals surface area contributed by atoms with E-state index in [1.807, 2.05) is 0 Å². The van der Waals surface area contributed by atoms with Crippen molar-refractivity contribution in [2.45, 2.75) is 32.9 Å². The molecule has 0 saturated carbocycles. The minimum absolute atomic E-state index is 0.0894. The van der Waals surface area contributed by atoms with E-state index in [1.54, 1.807) is 57.2 Å². The molecule has 0 fully saturated rings. The molecule has 6 nitrogen and oxygen atoms in total. The average Bonchev–Trinajstić information content (AvgIpc) is 2.58. The number of carbonyl (C=O) groups excluding carboxylic acids is 2. The van der Waals surface area contributed by atoms with E-state index in [0.717, 1.165) is 0 Å². The van der Waals surface area contributed by atoms with Crippen LogP contribution in [0.5, 0.6) is 5.75 Å². The van der Waals surface area contributed by atoms with E-state index in [2.05, 4.69) is 5.32 Å². The Bertz CT molecular complexity index is 905. The Morgan fingerprint density at radius 3 is 2.54 bits per heavy atom. The van der Waals surface area contributed by atoms with Gasteiger partial charge in [-0.05, 0) is 51.1 Å². The summed E-state index contributed by atoms with van der Waals surface area (Å²) in [5, 5.41) is 3.60. The van der Waals surface area contributed by atoms with E-state index in [9.17, 15) is 9.59 Å². The fraction of sp³-hybridized carbons (Fsp3) is 0.300. The third kappa shape index (κ3) is 4.69. The second-order valence-electron chi connectivity index (χ2n) is 7.28. The molecule has 0 aromatic heterocycles. The number of halogens is 2. The van der Waals surface area contributed by atoms with Crippen LogP contribution in [0, 0.1) is 0 Å². The molecule has 2 amide bonds. The van der Waals surface area contributed by atoms with E-state index >= 15 is 0 Å². The number of hydrogen-bond acceptors (Lipinski definition) is 4. The smallest absolute Gasteiger partial charge is 0.412 e. The number of ether oxygens (including phenoxy) is 2. The summed E-state index contributed by atoms with van der Waals surface area (Å²) in [6.45, 7) is 5.43. The molecule has 1 N–H and O–H groups in total. The highest BCUT2D eigenvalue weighted by atomic mass is 35.5. The predicted molar refractivity (Wildman–Crippen MR) is 109 cm³/mol. The first-order chi connectivity index (χ1) is 13.1. The molecule has 0 atom stereocenters. The largest absolute Gasteiger partial charge is 0.482 e. The Kier molecular flexibility index (Phi) is 5.72. The third-order valence-electron chi connectivity index (χ3n) is 3.93. The zero-order valence-electron chi connectivity index (χ0n) is 15.7. The fourth-order valence-electron chi connectivity index (χ4n) is 2.72. The monoisotopic (exact) mass is 422 g/mol. The second-order valence-corrected chi connectivity index (χ2v) is 8.09. The molecular formula is C20H20Cl2N2O4. The summed E-state index contributed by atoms with van der Waals surface area (Å²) in [4.78, 5) is 26.1. The number of hydrogen-bond donors (Lipinski definition) is 1. The van der Waals surface area contributed by atoms with Crippen molar-refractivity contribution in [1.29, 1.82) is 0 Å². The summed E-state index contributed by atoms with van der Waals surface area (Å²) in [5.41, 5.74) is 1.00. The molecule has 0 saturated heterocycles. The van der Waals surface area contributed by atoms with Gasteiger partial charge in [-0.3, -0.25) is 10.1 Å². The highest BCUT2D eigenvalue weighted by Crippen LogP contribution is 2.37. The lowest BCUT2D eigenvalue weighted by molar-refractivity contribution is -0.121. The summed E-state index contributed by atoms with van der Waals surface area (Å²) in [5.74, 6) is 0.287. The minimum atomic E-state index is -0.621. The summed E-state index contributed by atoms with van der Waals surface area (Å²) in [6.07, 6.45) is -0.587. The minimum Gasteiger partial charge on any atom is -0.482 e. The van der Waals surface area contributed by atoms with E-state index in [0.29, 0.717) is 32.7 Å². The predicted octanol–water partition coefficient (Wildman–Crippen LogP) is 5.27. The van der Waals surface area contributed by atoms with E-state index < -0.39 is 11.7 Å². The molecule has 28 heavy (non-hydrogen) atoms. The van der Waals surface area contributed by atoms with Crippen LogP contribution in [0.1, 0.15) is 26.3 Å². The van der Waals surface area contributed by atoms with Crippen molar-refractivity contribution in [1.82, 2.24) is 0 Å². The topological polar surface area (TPSA) is 67.9 Å². The van der Waals surface area contributed by atoms with Gasteiger partial charge in [0.25, 0.3) is 5.91 Å². The van der Waals surface area contributed by atoms with Crippen molar-refractivity contribution in [2.75, 3.05) is 16.8 Å². The van der Waals surface area contributed by atoms with Gasteiger partial charge in [0.2, 0.25) is 0 Å². The van der Waals surface area contributed by atoms with Crippen molar-refractivity contribution in [3.63, 3.8) is 0 Å². The number of rotatable bonds is 3. The van der Waals surface area contributed by atoms with Crippen LogP contribution in [-0.4, -0.2) is 24.2 Å². The van der Waals surface area contributed by atoms with Crippen LogP contribution in [0.4, 0.5) is 16.2 Å². The number of nitrogens with one attached hydrogen (secondary N) is 1. The summed E-state index contributed by atoms with van der Waals surface area (Å²) >= 11 is 12.5. The molecule has 8 heteroatoms. The van der Waals surface area contributed by atoms with Crippen molar-refractivity contribution < 1.29 is 19.1 Å². The van der Waals surface area contributed by atoms with Crippen molar-refractivity contribution in [3.8, 4) is 5.75 Å². The number of fused-ring (bicyclic) bond motifs is 1. The van der Waals surface area contributed by atoms with Gasteiger partial charge in [0.15, 0.2) is 6.61 Å². The molecule has 1 aliphatic rings. The Morgan fingerprint density at radius 2 is 1.89 bits per heavy atom. The number of benzene rings is 2. The summed E-state index contributed by atoms with van der Waals surface area (Å²) in [6, 6.07) is 10.2. The number of nitrogens with zero attached hydrogens (tertiary/aromatic N) is 1. The molecule has 0 unspecified atom stereocenters. The molecule has 1 heterocycles. The van der Waals surface area contributed by atoms with Crippen LogP contribution in [0.2, 0.25) is 10.0 Å². The Balaban J connectivity index is 1.89. The second kappa shape index (κ2) is 7.89. The molecule has 0 spiro atoms. The lowest BCUT2D eigenvalue weighted by Gasteiger charge is -2.30. The number of anilines is 2. The van der Waals surface area contributed by atoms with Gasteiger partial charge in [0.1, 0.15) is 11.4 Å². The number of carbonyl (C=O) groups is 2. The molecule has 2 aromatic rings. The molecule has 148 valence electrons. The van der Waals surface area contributed by atoms with Gasteiger partial charge in [-0.25, -0.2) is 4.79 Å². The molecule has 3 rings (SSSR count). The lowest BCUT2D eigenvalue weighted by Crippen LogP contribution is -2.38. The number of amides is 2. The highest BCUT2D eigenvalue weighted by Gasteiger charge is 2.27. The van der Waals surface area contributed by atoms with Crippen LogP contribution < -0.4 is 15.0 Å². The first-order valence-electron chi connectivity index (χ1n) is 8.64. The van der Waals surface area contributed by atoms with Gasteiger partial charge in [-0.1, -0.05) is 29.3 Å². The first kappa shape index (κ1) is 20.3. The third-order valence-corrected chi connectivity index (χ3v) is 4.63. The Hall–Kier alpha value is -2.44. The van der Waals surface area contributed by atoms with Crippen LogP contribution in [-0.2, 0) is 16.1 Å². The van der Waals surface area contributed by atoms with Crippen molar-refractivity contribution in [2.24, 2.45) is 0 Å². The van der Waals surface area contributed by atoms with Crippen molar-refractivity contribution >= 4 is 46.6 Å². The van der Waals surface area contributed by atoms with Crippen LogP contribution in [0.15, 0.2) is 36.4 Å². The SMILES string of the molecule is CC(C)(C)OC(=O)Nc1ccc2c(c1)N(Cc1c(Cl)cccc1Cl)C(=O)CO2. The van der Waals surface area contributed by atoms with Crippen molar-refractivity contribution in [3.05, 3.63) is 52.0 Å². The molecule has 0 radical (unpaired) electrons. The molecule has 0 bridgehead atoms. The maximum Gasteiger partial charge on any atom is 0.412 e. The fourth-order valence-corrected chi connectivity index (χ4v) is 3.23. The van der Waals surface area contributed by atoms with Gasteiger partial charge < -0.3 is 14.4 Å². The van der Waals surface area contributed by atoms with Gasteiger partial charge in [-0.15, -0.1) is 0 Å². The average molecular weight is 423 g/mol. The van der Waals surface area contributed by atoms with E-state index in [1.165, 1.54) is 4.90 Å². The Labute approximate surface area is 173 Å². The summed E-state index contributed by atoms with van der Waals surface area (Å²) in [7, 11) is 0. The maximum absolute atomic E-state index is 12.5.